The Balaban J connectivity index is 2.35. The van der Waals surface area contributed by atoms with E-state index in [9.17, 15) is 13.7 Å². The molecule has 0 fully saturated rings. The predicted octanol–water partition coefficient (Wildman–Crippen LogP) is 3.61. The minimum atomic E-state index is -3.96. The molecule has 0 bridgehead atoms. The molecule has 130 valence electrons. The largest absolute Gasteiger partial charge is 0.497 e. The summed E-state index contributed by atoms with van der Waals surface area (Å²) in [6.45, 7) is 0. The first-order valence-electron chi connectivity index (χ1n) is 7.02. The summed E-state index contributed by atoms with van der Waals surface area (Å²) in [5.74, 6) is 1.03. The van der Waals surface area contributed by atoms with Crippen molar-refractivity contribution < 1.29 is 17.9 Å². The number of sulfone groups is 1. The third-order valence-corrected chi connectivity index (χ3v) is 5.22. The standard InChI is InChI=1S/C17H15ClN2O4S/c1-23-13-5-8-16(17(9-13)24-2)20-11-15(10-19)25(21,22)14-6-3-12(18)4-7-14/h3-9,11,20H,1-2H3/b15-11+. The highest BCUT2D eigenvalue weighted by atomic mass is 35.5. The molecule has 0 amide bonds. The monoisotopic (exact) mass is 378 g/mol. The van der Waals surface area contributed by atoms with Crippen molar-refractivity contribution >= 4 is 27.1 Å². The van der Waals surface area contributed by atoms with Gasteiger partial charge in [0.05, 0.1) is 24.8 Å². The molecule has 0 heterocycles. The van der Waals surface area contributed by atoms with Crippen LogP contribution < -0.4 is 14.8 Å². The number of anilines is 1. The summed E-state index contributed by atoms with van der Waals surface area (Å²) in [6.07, 6.45) is 1.12. The predicted molar refractivity (Wildman–Crippen MR) is 95.5 cm³/mol. The van der Waals surface area contributed by atoms with Gasteiger partial charge in [-0.15, -0.1) is 0 Å². The number of halogens is 1. The van der Waals surface area contributed by atoms with Crippen LogP contribution in [0.1, 0.15) is 0 Å². The van der Waals surface area contributed by atoms with E-state index in [2.05, 4.69) is 5.32 Å². The molecule has 1 N–H and O–H groups in total. The molecule has 0 radical (unpaired) electrons. The van der Waals surface area contributed by atoms with Crippen molar-refractivity contribution in [1.82, 2.24) is 0 Å². The fourth-order valence-corrected chi connectivity index (χ4v) is 3.18. The summed E-state index contributed by atoms with van der Waals surface area (Å²) < 4.78 is 35.4. The molecule has 8 heteroatoms. The molecule has 0 aromatic heterocycles. The molecule has 0 saturated heterocycles. The summed E-state index contributed by atoms with van der Waals surface area (Å²) in [6, 6.07) is 12.2. The van der Waals surface area contributed by atoms with Gasteiger partial charge in [0.2, 0.25) is 9.84 Å². The Morgan fingerprint density at radius 2 is 1.84 bits per heavy atom. The van der Waals surface area contributed by atoms with E-state index >= 15 is 0 Å². The maximum absolute atomic E-state index is 12.5. The molecule has 0 aliphatic rings. The number of methoxy groups -OCH3 is 2. The van der Waals surface area contributed by atoms with Crippen molar-refractivity contribution in [3.63, 3.8) is 0 Å². The smallest absolute Gasteiger partial charge is 0.218 e. The fourth-order valence-electron chi connectivity index (χ4n) is 1.97. The van der Waals surface area contributed by atoms with Crippen LogP contribution in [0, 0.1) is 11.3 Å². The zero-order valence-electron chi connectivity index (χ0n) is 13.5. The molecule has 0 spiro atoms. The average molecular weight is 379 g/mol. The third kappa shape index (κ3) is 4.24. The van der Waals surface area contributed by atoms with Crippen LogP contribution in [0.4, 0.5) is 5.69 Å². The van der Waals surface area contributed by atoms with Gasteiger partial charge in [-0.3, -0.25) is 0 Å². The minimum absolute atomic E-state index is 0.0202. The topological polar surface area (TPSA) is 88.4 Å². The normalized spacial score (nSPS) is 11.5. The first-order valence-corrected chi connectivity index (χ1v) is 8.88. The minimum Gasteiger partial charge on any atom is -0.497 e. The van der Waals surface area contributed by atoms with Gasteiger partial charge < -0.3 is 14.8 Å². The Kier molecular flexibility index (Phi) is 5.91. The van der Waals surface area contributed by atoms with E-state index in [1.165, 1.54) is 38.5 Å². The Labute approximate surface area is 151 Å². The molecular formula is C17H15ClN2O4S. The third-order valence-electron chi connectivity index (χ3n) is 3.29. The number of benzene rings is 2. The van der Waals surface area contributed by atoms with Crippen LogP contribution >= 0.6 is 11.6 Å². The zero-order valence-corrected chi connectivity index (χ0v) is 15.1. The van der Waals surface area contributed by atoms with Crippen LogP contribution in [-0.4, -0.2) is 22.6 Å². The lowest BCUT2D eigenvalue weighted by Gasteiger charge is -2.10. The second kappa shape index (κ2) is 7.92. The fraction of sp³-hybridized carbons (Fsp3) is 0.118. The van der Waals surface area contributed by atoms with Gasteiger partial charge in [0.1, 0.15) is 17.6 Å². The molecule has 0 unspecified atom stereocenters. The van der Waals surface area contributed by atoms with Gasteiger partial charge in [-0.1, -0.05) is 11.6 Å². The lowest BCUT2D eigenvalue weighted by atomic mass is 10.2. The van der Waals surface area contributed by atoms with Crippen LogP contribution in [0.3, 0.4) is 0 Å². The van der Waals surface area contributed by atoms with Gasteiger partial charge in [-0.25, -0.2) is 8.42 Å². The highest BCUT2D eigenvalue weighted by Gasteiger charge is 2.21. The second-order valence-corrected chi connectivity index (χ2v) is 7.14. The molecular weight excluding hydrogens is 364 g/mol. The molecule has 0 aliphatic carbocycles. The van der Waals surface area contributed by atoms with Gasteiger partial charge >= 0.3 is 0 Å². The second-order valence-electron chi connectivity index (χ2n) is 4.79. The number of nitrogens with one attached hydrogen (secondary N) is 1. The first kappa shape index (κ1) is 18.6. The number of nitriles is 1. The SMILES string of the molecule is COc1ccc(N/C=C(\C#N)S(=O)(=O)c2ccc(Cl)cc2)c(OC)c1. The summed E-state index contributed by atoms with van der Waals surface area (Å²) in [5, 5.41) is 12.4. The summed E-state index contributed by atoms with van der Waals surface area (Å²) in [7, 11) is -0.963. The van der Waals surface area contributed by atoms with E-state index in [0.29, 0.717) is 22.2 Å². The number of nitrogens with zero attached hydrogens (tertiary/aromatic N) is 1. The van der Waals surface area contributed by atoms with Crippen LogP contribution in [0.2, 0.25) is 5.02 Å². The van der Waals surface area contributed by atoms with Gasteiger partial charge in [0, 0.05) is 17.3 Å². The van der Waals surface area contributed by atoms with Gasteiger partial charge in [-0.2, -0.15) is 5.26 Å². The summed E-state index contributed by atoms with van der Waals surface area (Å²) in [4.78, 5) is -0.458. The van der Waals surface area contributed by atoms with Crippen LogP contribution in [0.15, 0.2) is 58.5 Å². The number of hydrogen-bond acceptors (Lipinski definition) is 6. The number of hydrogen-bond donors (Lipinski definition) is 1. The molecule has 2 rings (SSSR count). The summed E-state index contributed by atoms with van der Waals surface area (Å²) >= 11 is 5.76. The molecule has 0 aliphatic heterocycles. The van der Waals surface area contributed by atoms with Crippen molar-refractivity contribution in [2.45, 2.75) is 4.90 Å². The van der Waals surface area contributed by atoms with E-state index in [4.69, 9.17) is 21.1 Å². The van der Waals surface area contributed by atoms with Crippen molar-refractivity contribution in [3.8, 4) is 17.6 Å². The Morgan fingerprint density at radius 1 is 1.16 bits per heavy atom. The number of rotatable bonds is 6. The zero-order chi connectivity index (χ0) is 18.4. The van der Waals surface area contributed by atoms with E-state index < -0.39 is 14.7 Å². The maximum Gasteiger partial charge on any atom is 0.218 e. The van der Waals surface area contributed by atoms with E-state index in [-0.39, 0.29) is 4.90 Å². The highest BCUT2D eigenvalue weighted by Crippen LogP contribution is 2.29. The maximum atomic E-state index is 12.5. The van der Waals surface area contributed by atoms with E-state index in [1.54, 1.807) is 24.3 Å². The average Bonchev–Trinajstić information content (AvgIpc) is 2.62. The van der Waals surface area contributed by atoms with E-state index in [1.807, 2.05) is 0 Å². The highest BCUT2D eigenvalue weighted by molar-refractivity contribution is 7.95. The van der Waals surface area contributed by atoms with Gasteiger partial charge in [0.15, 0.2) is 4.91 Å². The number of allylic oxidation sites excluding steroid dienone is 1. The number of ether oxygens (including phenoxy) is 2. The lowest BCUT2D eigenvalue weighted by molar-refractivity contribution is 0.395. The van der Waals surface area contributed by atoms with Crippen molar-refractivity contribution in [2.24, 2.45) is 0 Å². The van der Waals surface area contributed by atoms with Crippen LogP contribution in [0.5, 0.6) is 11.5 Å². The van der Waals surface area contributed by atoms with Crippen molar-refractivity contribution in [1.29, 1.82) is 5.26 Å². The van der Waals surface area contributed by atoms with E-state index in [0.717, 1.165) is 6.20 Å². The van der Waals surface area contributed by atoms with Crippen molar-refractivity contribution in [3.05, 3.63) is 58.6 Å². The summed E-state index contributed by atoms with van der Waals surface area (Å²) in [5.41, 5.74) is 0.488. The van der Waals surface area contributed by atoms with Crippen molar-refractivity contribution in [2.75, 3.05) is 19.5 Å². The quantitative estimate of drug-likeness (QED) is 0.772. The van der Waals surface area contributed by atoms with Crippen LogP contribution in [-0.2, 0) is 9.84 Å². The molecule has 25 heavy (non-hydrogen) atoms. The molecule has 2 aromatic rings. The lowest BCUT2D eigenvalue weighted by Crippen LogP contribution is -2.06. The Hall–Kier alpha value is -2.69. The van der Waals surface area contributed by atoms with Crippen LogP contribution in [0.25, 0.3) is 0 Å². The Morgan fingerprint density at radius 3 is 2.40 bits per heavy atom. The molecule has 2 aromatic carbocycles. The molecule has 0 atom stereocenters. The molecule has 6 nitrogen and oxygen atoms in total. The van der Waals surface area contributed by atoms with Gasteiger partial charge in [0.25, 0.3) is 0 Å². The van der Waals surface area contributed by atoms with Gasteiger partial charge in [-0.05, 0) is 36.4 Å². The molecule has 0 saturated carbocycles. The first-order chi connectivity index (χ1) is 11.9. The Bertz CT molecular complexity index is 932.